The average molecular weight is 491 g/mol. The van der Waals surface area contributed by atoms with Gasteiger partial charge < -0.3 is 19.7 Å². The molecule has 0 bridgehead atoms. The fourth-order valence-corrected chi connectivity index (χ4v) is 4.48. The molecule has 33 heavy (non-hydrogen) atoms. The molecule has 0 saturated carbocycles. The van der Waals surface area contributed by atoms with Crippen molar-refractivity contribution in [2.45, 2.75) is 31.3 Å². The Labute approximate surface area is 199 Å². The van der Waals surface area contributed by atoms with Crippen molar-refractivity contribution >= 4 is 37.8 Å². The molecule has 0 saturated heterocycles. The summed E-state index contributed by atoms with van der Waals surface area (Å²) in [6.45, 7) is 5.41. The summed E-state index contributed by atoms with van der Waals surface area (Å²) in [6.07, 6.45) is 3.86. The Kier molecular flexibility index (Phi) is 8.28. The number of nitrogens with one attached hydrogen (secondary N) is 1. The van der Waals surface area contributed by atoms with E-state index in [0.717, 1.165) is 30.0 Å². The number of aromatic nitrogens is 2. The van der Waals surface area contributed by atoms with Crippen LogP contribution in [0.1, 0.15) is 20.3 Å². The van der Waals surface area contributed by atoms with Crippen molar-refractivity contribution < 1.29 is 17.9 Å². The normalized spacial score (nSPS) is 11.6. The van der Waals surface area contributed by atoms with E-state index >= 15 is 0 Å². The average Bonchev–Trinajstić information content (AvgIpc) is 3.22. The van der Waals surface area contributed by atoms with Gasteiger partial charge >= 0.3 is 0 Å². The van der Waals surface area contributed by atoms with Crippen molar-refractivity contribution in [3.63, 3.8) is 0 Å². The fraction of sp³-hybridized carbons (Fsp3) is 0.391. The summed E-state index contributed by atoms with van der Waals surface area (Å²) in [6, 6.07) is 8.75. The van der Waals surface area contributed by atoms with E-state index in [1.54, 1.807) is 31.5 Å². The summed E-state index contributed by atoms with van der Waals surface area (Å²) in [7, 11) is 0.352. The fourth-order valence-electron chi connectivity index (χ4n) is 3.10. The maximum atomic E-state index is 12.0. The first-order valence-electron chi connectivity index (χ1n) is 10.6. The van der Waals surface area contributed by atoms with Gasteiger partial charge in [0.25, 0.3) is 0 Å². The van der Waals surface area contributed by atoms with Crippen LogP contribution in [-0.2, 0) is 14.6 Å². The lowest BCUT2D eigenvalue weighted by molar-refractivity contribution is 0.196. The molecule has 0 radical (unpaired) electrons. The number of benzene rings is 1. The minimum Gasteiger partial charge on any atom is -0.489 e. The number of rotatable bonds is 11. The van der Waals surface area contributed by atoms with Crippen LogP contribution in [0.25, 0.3) is 11.3 Å². The van der Waals surface area contributed by atoms with Crippen LogP contribution in [0.5, 0.6) is 5.75 Å². The highest BCUT2D eigenvalue weighted by atomic mass is 32.2. The predicted molar refractivity (Wildman–Crippen MR) is 134 cm³/mol. The van der Waals surface area contributed by atoms with Gasteiger partial charge in [-0.15, -0.1) is 11.3 Å². The van der Waals surface area contributed by atoms with Gasteiger partial charge in [0, 0.05) is 50.7 Å². The number of anilines is 3. The molecular weight excluding hydrogens is 460 g/mol. The molecule has 1 N–H and O–H groups in total. The highest BCUT2D eigenvalue weighted by Crippen LogP contribution is 2.34. The topological polar surface area (TPSA) is 93.7 Å². The molecule has 1 aromatic carbocycles. The molecule has 2 aromatic heterocycles. The molecule has 0 unspecified atom stereocenters. The second kappa shape index (κ2) is 11.0. The van der Waals surface area contributed by atoms with Gasteiger partial charge in [-0.2, -0.15) is 0 Å². The first-order valence-corrected chi connectivity index (χ1v) is 13.3. The first kappa shape index (κ1) is 24.9. The lowest BCUT2D eigenvalue weighted by atomic mass is 10.2. The Hall–Kier alpha value is -2.69. The van der Waals surface area contributed by atoms with E-state index in [1.807, 2.05) is 38.4 Å². The van der Waals surface area contributed by atoms with Crippen LogP contribution in [0.15, 0.2) is 46.8 Å². The number of thiazole rings is 1. The second-order valence-electron chi connectivity index (χ2n) is 7.93. The van der Waals surface area contributed by atoms with E-state index in [9.17, 15) is 8.42 Å². The molecule has 0 aliphatic carbocycles. The minimum absolute atomic E-state index is 0.0568. The number of ether oxygens (including phenoxy) is 2. The summed E-state index contributed by atoms with van der Waals surface area (Å²) < 4.78 is 35.0. The van der Waals surface area contributed by atoms with Crippen molar-refractivity contribution in [3.8, 4) is 17.0 Å². The standard InChI is InChI=1S/C23H30N4O4S2/c1-16(2)31-21-9-8-18(33(5,28)29)13-19(21)25-23-26-20(15-32-23)17-7-10-22(24-14-17)27(3)11-6-12-30-4/h7-10,13-16H,6,11-12H2,1-5H3,(H,25,26). The molecule has 10 heteroatoms. The number of sulfone groups is 1. The molecule has 0 spiro atoms. The Morgan fingerprint density at radius 1 is 1.21 bits per heavy atom. The molecular formula is C23H30N4O4S2. The summed E-state index contributed by atoms with van der Waals surface area (Å²) in [4.78, 5) is 11.5. The van der Waals surface area contributed by atoms with Crippen LogP contribution in [0.2, 0.25) is 0 Å². The van der Waals surface area contributed by atoms with Gasteiger partial charge in [-0.25, -0.2) is 18.4 Å². The third-order valence-corrected chi connectivity index (χ3v) is 6.63. The lowest BCUT2D eigenvalue weighted by Gasteiger charge is -2.17. The number of nitrogens with zero attached hydrogens (tertiary/aromatic N) is 3. The van der Waals surface area contributed by atoms with E-state index in [0.29, 0.717) is 23.2 Å². The van der Waals surface area contributed by atoms with Crippen LogP contribution in [0.4, 0.5) is 16.6 Å². The zero-order chi connectivity index (χ0) is 24.0. The van der Waals surface area contributed by atoms with E-state index in [-0.39, 0.29) is 11.0 Å². The van der Waals surface area contributed by atoms with E-state index in [2.05, 4.69) is 20.2 Å². The SMILES string of the molecule is COCCCN(C)c1ccc(-c2csc(Nc3cc(S(C)(=O)=O)ccc3OC(C)C)n2)cn1. The summed E-state index contributed by atoms with van der Waals surface area (Å²) in [5.74, 6) is 1.45. The molecule has 178 valence electrons. The third kappa shape index (κ3) is 6.89. The highest BCUT2D eigenvalue weighted by molar-refractivity contribution is 7.90. The summed E-state index contributed by atoms with van der Waals surface area (Å²) in [5.41, 5.74) is 2.24. The Balaban J connectivity index is 1.78. The number of hydrogen-bond donors (Lipinski definition) is 1. The summed E-state index contributed by atoms with van der Waals surface area (Å²) >= 11 is 1.42. The minimum atomic E-state index is -3.35. The Morgan fingerprint density at radius 3 is 2.64 bits per heavy atom. The van der Waals surface area contributed by atoms with Gasteiger partial charge in [0.1, 0.15) is 11.6 Å². The highest BCUT2D eigenvalue weighted by Gasteiger charge is 2.15. The lowest BCUT2D eigenvalue weighted by Crippen LogP contribution is -2.20. The zero-order valence-corrected chi connectivity index (χ0v) is 21.2. The van der Waals surface area contributed by atoms with Gasteiger partial charge in [0.05, 0.1) is 22.4 Å². The number of hydrogen-bond acceptors (Lipinski definition) is 9. The molecule has 3 aromatic rings. The molecule has 3 rings (SSSR count). The molecule has 0 aliphatic heterocycles. The second-order valence-corrected chi connectivity index (χ2v) is 10.8. The maximum absolute atomic E-state index is 12.0. The van der Waals surface area contributed by atoms with Crippen molar-refractivity contribution in [2.24, 2.45) is 0 Å². The van der Waals surface area contributed by atoms with Crippen LogP contribution in [0, 0.1) is 0 Å². The van der Waals surface area contributed by atoms with E-state index < -0.39 is 9.84 Å². The largest absolute Gasteiger partial charge is 0.489 e. The van der Waals surface area contributed by atoms with Gasteiger partial charge in [-0.05, 0) is 50.6 Å². The van der Waals surface area contributed by atoms with Crippen LogP contribution in [-0.4, -0.2) is 58.1 Å². The van der Waals surface area contributed by atoms with Gasteiger partial charge in [0.2, 0.25) is 0 Å². The Bertz CT molecular complexity index is 1160. The van der Waals surface area contributed by atoms with E-state index in [1.165, 1.54) is 17.6 Å². The van der Waals surface area contributed by atoms with E-state index in [4.69, 9.17) is 9.47 Å². The third-order valence-electron chi connectivity index (χ3n) is 4.76. The number of pyridine rings is 1. The quantitative estimate of drug-likeness (QED) is 0.390. The predicted octanol–water partition coefficient (Wildman–Crippen LogP) is 4.61. The van der Waals surface area contributed by atoms with Crippen molar-refractivity contribution in [1.29, 1.82) is 0 Å². The molecule has 0 fully saturated rings. The van der Waals surface area contributed by atoms with Crippen molar-refractivity contribution in [2.75, 3.05) is 43.8 Å². The molecule has 8 nitrogen and oxygen atoms in total. The van der Waals surface area contributed by atoms with Gasteiger partial charge in [-0.3, -0.25) is 0 Å². The molecule has 2 heterocycles. The smallest absolute Gasteiger partial charge is 0.187 e. The van der Waals surface area contributed by atoms with Crippen LogP contribution >= 0.6 is 11.3 Å². The van der Waals surface area contributed by atoms with Crippen molar-refractivity contribution in [3.05, 3.63) is 41.9 Å². The van der Waals surface area contributed by atoms with Crippen LogP contribution in [0.3, 0.4) is 0 Å². The maximum Gasteiger partial charge on any atom is 0.187 e. The van der Waals surface area contributed by atoms with Gasteiger partial charge in [-0.1, -0.05) is 0 Å². The van der Waals surface area contributed by atoms with Gasteiger partial charge in [0.15, 0.2) is 15.0 Å². The first-order chi connectivity index (χ1) is 15.7. The Morgan fingerprint density at radius 2 is 2.00 bits per heavy atom. The molecule has 0 atom stereocenters. The zero-order valence-electron chi connectivity index (χ0n) is 19.5. The molecule has 0 aliphatic rings. The molecule has 0 amide bonds. The number of methoxy groups -OCH3 is 1. The van der Waals surface area contributed by atoms with Crippen LogP contribution < -0.4 is 15.0 Å². The monoisotopic (exact) mass is 490 g/mol. The van der Waals surface area contributed by atoms with Crippen molar-refractivity contribution in [1.82, 2.24) is 9.97 Å². The summed E-state index contributed by atoms with van der Waals surface area (Å²) in [5, 5.41) is 5.78.